The summed E-state index contributed by atoms with van der Waals surface area (Å²) in [5, 5.41) is 12.7. The molecule has 0 atom stereocenters. The number of aromatic nitrogens is 1. The van der Waals surface area contributed by atoms with E-state index in [1.807, 2.05) is 0 Å². The first kappa shape index (κ1) is 18.6. The zero-order valence-electron chi connectivity index (χ0n) is 12.7. The number of thiazole rings is 1. The van der Waals surface area contributed by atoms with Crippen LogP contribution in [0.2, 0.25) is 5.02 Å². The van der Waals surface area contributed by atoms with Crippen LogP contribution in [0.25, 0.3) is 11.3 Å². The first-order valence-corrected chi connectivity index (χ1v) is 10.0. The van der Waals surface area contributed by atoms with E-state index in [0.717, 1.165) is 11.3 Å². The monoisotopic (exact) mass is 429 g/mol. The maximum Gasteiger partial charge on any atom is 0.280 e. The number of nitrogens with zero attached hydrogens (tertiary/aromatic N) is 3. The van der Waals surface area contributed by atoms with Crippen LogP contribution >= 0.6 is 34.7 Å². The molecule has 0 aliphatic heterocycles. The third-order valence-corrected chi connectivity index (χ3v) is 6.87. The molecule has 26 heavy (non-hydrogen) atoms. The minimum atomic E-state index is -3.99. The van der Waals surface area contributed by atoms with Gasteiger partial charge in [-0.3, -0.25) is 10.1 Å². The first-order chi connectivity index (χ1) is 12.3. The number of sulfonamides is 1. The molecule has 0 unspecified atom stereocenters. The number of nitro groups is 1. The van der Waals surface area contributed by atoms with Crippen LogP contribution < -0.4 is 3.82 Å². The fourth-order valence-electron chi connectivity index (χ4n) is 2.08. The van der Waals surface area contributed by atoms with E-state index in [1.165, 1.54) is 35.7 Å². The molecule has 0 saturated carbocycles. The van der Waals surface area contributed by atoms with Crippen molar-refractivity contribution in [3.05, 3.63) is 69.0 Å². The largest absolute Gasteiger partial charge is 0.280 e. The van der Waals surface area contributed by atoms with E-state index in [9.17, 15) is 18.5 Å². The lowest BCUT2D eigenvalue weighted by Gasteiger charge is -2.12. The lowest BCUT2D eigenvalue weighted by atomic mass is 10.1. The van der Waals surface area contributed by atoms with Crippen LogP contribution in [-0.4, -0.2) is 18.3 Å². The number of hydrogen-bond donors (Lipinski definition) is 0. The second kappa shape index (κ2) is 7.20. The maximum atomic E-state index is 12.5. The normalized spacial score (nSPS) is 11.3. The van der Waals surface area contributed by atoms with Crippen molar-refractivity contribution < 1.29 is 13.3 Å². The Morgan fingerprint density at radius 2 is 1.85 bits per heavy atom. The van der Waals surface area contributed by atoms with Crippen molar-refractivity contribution in [2.24, 2.45) is 0 Å². The third-order valence-electron chi connectivity index (χ3n) is 3.33. The summed E-state index contributed by atoms with van der Waals surface area (Å²) in [4.78, 5) is 14.6. The summed E-state index contributed by atoms with van der Waals surface area (Å²) in [6.45, 7) is 0. The van der Waals surface area contributed by atoms with Crippen molar-refractivity contribution in [3.63, 3.8) is 0 Å². The van der Waals surface area contributed by atoms with Crippen LogP contribution in [-0.2, 0) is 10.0 Å². The van der Waals surface area contributed by atoms with Crippen molar-refractivity contribution in [2.45, 2.75) is 4.90 Å². The van der Waals surface area contributed by atoms with E-state index in [2.05, 4.69) is 4.98 Å². The summed E-state index contributed by atoms with van der Waals surface area (Å²) in [6.07, 6.45) is 0. The Kier molecular flexibility index (Phi) is 5.15. The average Bonchev–Trinajstić information content (AvgIpc) is 3.11. The van der Waals surface area contributed by atoms with E-state index in [4.69, 9.17) is 23.4 Å². The summed E-state index contributed by atoms with van der Waals surface area (Å²) < 4.78 is 25.6. The topological polar surface area (TPSA) is 93.4 Å². The van der Waals surface area contributed by atoms with Crippen molar-refractivity contribution in [1.82, 2.24) is 4.98 Å². The molecule has 134 valence electrons. The molecule has 2 aromatic carbocycles. The van der Waals surface area contributed by atoms with Gasteiger partial charge in [-0.2, -0.15) is 8.42 Å². The van der Waals surface area contributed by atoms with Gasteiger partial charge in [-0.1, -0.05) is 29.8 Å². The number of hydrogen-bond acceptors (Lipinski definition) is 6. The molecule has 0 fully saturated rings. The van der Waals surface area contributed by atoms with E-state index in [1.54, 1.807) is 18.2 Å². The molecule has 3 rings (SSSR count). The molecule has 0 saturated heterocycles. The summed E-state index contributed by atoms with van der Waals surface area (Å²) in [5.41, 5.74) is 0.441. The molecule has 1 heterocycles. The molecule has 0 N–H and O–H groups in total. The highest BCUT2D eigenvalue weighted by atomic mass is 35.5. The second-order valence-corrected chi connectivity index (χ2v) is 8.54. The lowest BCUT2D eigenvalue weighted by molar-refractivity contribution is -0.384. The van der Waals surface area contributed by atoms with Gasteiger partial charge in [-0.05, 0) is 18.2 Å². The van der Waals surface area contributed by atoms with Gasteiger partial charge in [0.1, 0.15) is 0 Å². The molecule has 7 nitrogen and oxygen atoms in total. The number of halogens is 2. The Bertz CT molecular complexity index is 1070. The molecular formula is C15H9Cl2N3O4S2. The van der Waals surface area contributed by atoms with E-state index in [-0.39, 0.29) is 26.4 Å². The van der Waals surface area contributed by atoms with Gasteiger partial charge in [0.25, 0.3) is 15.7 Å². The highest BCUT2D eigenvalue weighted by molar-refractivity contribution is 7.94. The molecule has 0 bridgehead atoms. The third kappa shape index (κ3) is 3.51. The standard InChI is InChI=1S/C15H9Cl2N3O4S2/c16-13-7-6-10(20(21)22)8-12(13)14-9-25-15(18-14)19(17)26(23,24)11-4-2-1-3-5-11/h1-9H. The zero-order chi connectivity index (χ0) is 18.9. The van der Waals surface area contributed by atoms with Crippen molar-refractivity contribution in [2.75, 3.05) is 3.82 Å². The fraction of sp³-hybridized carbons (Fsp3) is 0. The number of nitro benzene ring substituents is 1. The predicted octanol–water partition coefficient (Wildman–Crippen LogP) is 4.72. The van der Waals surface area contributed by atoms with E-state index in [0.29, 0.717) is 9.39 Å². The van der Waals surface area contributed by atoms with Gasteiger partial charge in [0.15, 0.2) is 0 Å². The quantitative estimate of drug-likeness (QED) is 0.332. The van der Waals surface area contributed by atoms with Crippen molar-refractivity contribution in [1.29, 1.82) is 0 Å². The zero-order valence-corrected chi connectivity index (χ0v) is 15.9. The minimum Gasteiger partial charge on any atom is -0.258 e. The smallest absolute Gasteiger partial charge is 0.258 e. The summed E-state index contributed by atoms with van der Waals surface area (Å²) >= 11 is 13.1. The van der Waals surface area contributed by atoms with Gasteiger partial charge < -0.3 is 0 Å². The molecule has 0 spiro atoms. The molecule has 0 aliphatic carbocycles. The van der Waals surface area contributed by atoms with Gasteiger partial charge in [0, 0.05) is 34.9 Å². The Labute approximate surface area is 162 Å². The maximum absolute atomic E-state index is 12.5. The summed E-state index contributed by atoms with van der Waals surface area (Å²) in [6, 6.07) is 11.6. The molecule has 0 aliphatic rings. The molecule has 11 heteroatoms. The van der Waals surface area contributed by atoms with Crippen LogP contribution in [0.15, 0.2) is 58.8 Å². The number of non-ortho nitro benzene ring substituents is 1. The van der Waals surface area contributed by atoms with Gasteiger partial charge >= 0.3 is 0 Å². The van der Waals surface area contributed by atoms with E-state index >= 15 is 0 Å². The van der Waals surface area contributed by atoms with Crippen LogP contribution in [0.3, 0.4) is 0 Å². The van der Waals surface area contributed by atoms with Crippen LogP contribution in [0.1, 0.15) is 0 Å². The second-order valence-electron chi connectivity index (χ2n) is 4.97. The van der Waals surface area contributed by atoms with Crippen LogP contribution in [0, 0.1) is 10.1 Å². The van der Waals surface area contributed by atoms with Gasteiger partial charge in [0.2, 0.25) is 5.13 Å². The Morgan fingerprint density at radius 1 is 1.15 bits per heavy atom. The molecule has 0 radical (unpaired) electrons. The predicted molar refractivity (Wildman–Crippen MR) is 101 cm³/mol. The van der Waals surface area contributed by atoms with Gasteiger partial charge in [-0.25, -0.2) is 4.98 Å². The SMILES string of the molecule is O=[N+]([O-])c1ccc(Cl)c(-c2csc(N(Cl)S(=O)(=O)c3ccccc3)n2)c1. The molecular weight excluding hydrogens is 421 g/mol. The summed E-state index contributed by atoms with van der Waals surface area (Å²) in [7, 11) is -3.99. The first-order valence-electron chi connectivity index (χ1n) is 6.96. The Morgan fingerprint density at radius 3 is 2.50 bits per heavy atom. The summed E-state index contributed by atoms with van der Waals surface area (Å²) in [5.74, 6) is 0. The van der Waals surface area contributed by atoms with Crippen molar-refractivity contribution >= 4 is 55.6 Å². The average molecular weight is 430 g/mol. The Balaban J connectivity index is 1.98. The number of rotatable bonds is 5. The Hall–Kier alpha value is -2.20. The minimum absolute atomic E-state index is 0.00640. The van der Waals surface area contributed by atoms with E-state index < -0.39 is 14.9 Å². The van der Waals surface area contributed by atoms with Gasteiger partial charge in [-0.15, -0.1) is 15.2 Å². The molecule has 1 aromatic heterocycles. The van der Waals surface area contributed by atoms with Crippen LogP contribution in [0.4, 0.5) is 10.8 Å². The lowest BCUT2D eigenvalue weighted by Crippen LogP contribution is -2.21. The highest BCUT2D eigenvalue weighted by Gasteiger charge is 2.26. The van der Waals surface area contributed by atoms with Crippen molar-refractivity contribution in [3.8, 4) is 11.3 Å². The highest BCUT2D eigenvalue weighted by Crippen LogP contribution is 2.36. The number of benzene rings is 2. The number of anilines is 1. The molecule has 0 amide bonds. The molecule has 3 aromatic rings. The fourth-order valence-corrected chi connectivity index (χ4v) is 4.68. The van der Waals surface area contributed by atoms with Gasteiger partial charge in [0.05, 0.1) is 20.5 Å². The van der Waals surface area contributed by atoms with Crippen LogP contribution in [0.5, 0.6) is 0 Å².